The van der Waals surface area contributed by atoms with Crippen LogP contribution in [0.2, 0.25) is 0 Å². The first-order valence-electron chi connectivity index (χ1n) is 15.6. The summed E-state index contributed by atoms with van der Waals surface area (Å²) in [6.45, 7) is 6.09. The number of rotatable bonds is 29. The third-order valence-corrected chi connectivity index (χ3v) is 7.19. The maximum atomic E-state index is 11.7. The maximum Gasteiger partial charge on any atom is 0.307 e. The minimum absolute atomic E-state index is 0.00646. The van der Waals surface area contributed by atoms with Crippen molar-refractivity contribution in [2.45, 2.75) is 167 Å². The summed E-state index contributed by atoms with van der Waals surface area (Å²) in [7, 11) is 0. The standard InChI is InChI=1S/C32H60O4/c1-3-5-6-7-8-9-10-11-12-13-14-15-16-17-18-19-20-21-22-23-24-25-26-27-30(32(34)35)29-31(33)36-28-4-2/h3,30H,1,4-29H2,2H3,(H,34,35). The van der Waals surface area contributed by atoms with Gasteiger partial charge in [0.2, 0.25) is 0 Å². The van der Waals surface area contributed by atoms with Crippen LogP contribution in [0.15, 0.2) is 12.7 Å². The summed E-state index contributed by atoms with van der Waals surface area (Å²) in [6, 6.07) is 0. The number of unbranched alkanes of at least 4 members (excludes halogenated alkanes) is 21. The molecule has 0 aromatic carbocycles. The van der Waals surface area contributed by atoms with Crippen LogP contribution in [-0.2, 0) is 14.3 Å². The minimum Gasteiger partial charge on any atom is -0.481 e. The van der Waals surface area contributed by atoms with Crippen molar-refractivity contribution < 1.29 is 19.4 Å². The van der Waals surface area contributed by atoms with Crippen LogP contribution in [0.4, 0.5) is 0 Å². The van der Waals surface area contributed by atoms with Crippen LogP contribution < -0.4 is 0 Å². The average Bonchev–Trinajstić information content (AvgIpc) is 2.87. The van der Waals surface area contributed by atoms with Crippen molar-refractivity contribution in [3.63, 3.8) is 0 Å². The van der Waals surface area contributed by atoms with Crippen molar-refractivity contribution in [2.24, 2.45) is 5.92 Å². The number of carbonyl (C=O) groups is 2. The highest BCUT2D eigenvalue weighted by molar-refractivity contribution is 5.78. The van der Waals surface area contributed by atoms with Gasteiger partial charge in [-0.3, -0.25) is 9.59 Å². The van der Waals surface area contributed by atoms with Crippen molar-refractivity contribution in [3.8, 4) is 0 Å². The Morgan fingerprint density at radius 2 is 1.03 bits per heavy atom. The Balaban J connectivity index is 3.30. The summed E-state index contributed by atoms with van der Waals surface area (Å²) in [5.41, 5.74) is 0. The lowest BCUT2D eigenvalue weighted by Crippen LogP contribution is -2.19. The number of carboxylic acids is 1. The molecule has 0 aliphatic carbocycles. The SMILES string of the molecule is C=CCCCCCCCCCCCCCCCCCCCCCCCC(CC(=O)OCCC)C(=O)O. The highest BCUT2D eigenvalue weighted by Crippen LogP contribution is 2.18. The van der Waals surface area contributed by atoms with Crippen LogP contribution in [0.3, 0.4) is 0 Å². The first-order chi connectivity index (χ1) is 17.6. The number of hydrogen-bond donors (Lipinski definition) is 1. The van der Waals surface area contributed by atoms with Crippen LogP contribution in [0.5, 0.6) is 0 Å². The number of esters is 1. The van der Waals surface area contributed by atoms with E-state index >= 15 is 0 Å². The van der Waals surface area contributed by atoms with E-state index in [0.29, 0.717) is 13.0 Å². The molecule has 0 fully saturated rings. The molecule has 0 amide bonds. The normalized spacial score (nSPS) is 11.9. The number of ether oxygens (including phenoxy) is 1. The molecule has 0 bridgehead atoms. The van der Waals surface area contributed by atoms with Gasteiger partial charge in [0.15, 0.2) is 0 Å². The van der Waals surface area contributed by atoms with E-state index in [1.165, 1.54) is 128 Å². The molecular weight excluding hydrogens is 448 g/mol. The van der Waals surface area contributed by atoms with Crippen molar-refractivity contribution in [1.29, 1.82) is 0 Å². The van der Waals surface area contributed by atoms with Gasteiger partial charge in [-0.2, -0.15) is 0 Å². The fraction of sp³-hybridized carbons (Fsp3) is 0.875. The van der Waals surface area contributed by atoms with E-state index in [-0.39, 0.29) is 12.4 Å². The fourth-order valence-electron chi connectivity index (χ4n) is 4.83. The van der Waals surface area contributed by atoms with Crippen LogP contribution in [0, 0.1) is 5.92 Å². The Labute approximate surface area is 224 Å². The molecule has 0 saturated carbocycles. The molecule has 212 valence electrons. The molecule has 0 aliphatic heterocycles. The van der Waals surface area contributed by atoms with E-state index in [0.717, 1.165) is 19.3 Å². The highest BCUT2D eigenvalue weighted by Gasteiger charge is 2.21. The molecule has 36 heavy (non-hydrogen) atoms. The van der Waals surface area contributed by atoms with Gasteiger partial charge in [0.1, 0.15) is 0 Å². The second-order valence-electron chi connectivity index (χ2n) is 10.8. The minimum atomic E-state index is -0.875. The van der Waals surface area contributed by atoms with Gasteiger partial charge < -0.3 is 9.84 Å². The molecule has 0 radical (unpaired) electrons. The highest BCUT2D eigenvalue weighted by atomic mass is 16.5. The molecule has 0 aromatic rings. The smallest absolute Gasteiger partial charge is 0.307 e. The van der Waals surface area contributed by atoms with Gasteiger partial charge in [0.25, 0.3) is 0 Å². The molecule has 0 aliphatic rings. The van der Waals surface area contributed by atoms with E-state index in [4.69, 9.17) is 4.74 Å². The van der Waals surface area contributed by atoms with Gasteiger partial charge >= 0.3 is 11.9 Å². The molecule has 1 unspecified atom stereocenters. The molecule has 0 spiro atoms. The molecule has 0 rings (SSSR count). The lowest BCUT2D eigenvalue weighted by atomic mass is 9.97. The molecule has 1 atom stereocenters. The molecule has 4 heteroatoms. The van der Waals surface area contributed by atoms with Gasteiger partial charge in [-0.25, -0.2) is 0 Å². The lowest BCUT2D eigenvalue weighted by Gasteiger charge is -2.11. The van der Waals surface area contributed by atoms with Crippen molar-refractivity contribution in [2.75, 3.05) is 6.61 Å². The molecule has 0 heterocycles. The monoisotopic (exact) mass is 508 g/mol. The molecule has 0 saturated heterocycles. The zero-order chi connectivity index (χ0) is 26.5. The van der Waals surface area contributed by atoms with E-state index in [9.17, 15) is 14.7 Å². The van der Waals surface area contributed by atoms with Crippen molar-refractivity contribution in [1.82, 2.24) is 0 Å². The van der Waals surface area contributed by atoms with E-state index in [1.807, 2.05) is 13.0 Å². The van der Waals surface area contributed by atoms with Crippen molar-refractivity contribution in [3.05, 3.63) is 12.7 Å². The molecule has 4 nitrogen and oxygen atoms in total. The second kappa shape index (κ2) is 28.3. The summed E-state index contributed by atoms with van der Waals surface area (Å²) >= 11 is 0. The molecule has 0 aromatic heterocycles. The van der Waals surface area contributed by atoms with E-state index in [2.05, 4.69) is 6.58 Å². The Hall–Kier alpha value is -1.32. The summed E-state index contributed by atoms with van der Waals surface area (Å²) < 4.78 is 5.02. The second-order valence-corrected chi connectivity index (χ2v) is 10.8. The predicted molar refractivity (Wildman–Crippen MR) is 153 cm³/mol. The number of carbonyl (C=O) groups excluding carboxylic acids is 1. The fourth-order valence-corrected chi connectivity index (χ4v) is 4.83. The van der Waals surface area contributed by atoms with Gasteiger partial charge in [-0.1, -0.05) is 141 Å². The maximum absolute atomic E-state index is 11.7. The topological polar surface area (TPSA) is 63.6 Å². The Bertz CT molecular complexity index is 502. The van der Waals surface area contributed by atoms with Crippen LogP contribution >= 0.6 is 0 Å². The first kappa shape index (κ1) is 34.7. The molecule has 1 N–H and O–H groups in total. The van der Waals surface area contributed by atoms with E-state index < -0.39 is 11.9 Å². The number of hydrogen-bond acceptors (Lipinski definition) is 3. The van der Waals surface area contributed by atoms with Gasteiger partial charge in [-0.15, -0.1) is 6.58 Å². The summed E-state index contributed by atoms with van der Waals surface area (Å²) in [5.74, 6) is -1.85. The van der Waals surface area contributed by atoms with Gasteiger partial charge in [-0.05, 0) is 25.7 Å². The average molecular weight is 509 g/mol. The number of carboxylic acid groups (broad SMARTS) is 1. The molecular formula is C32H60O4. The largest absolute Gasteiger partial charge is 0.481 e. The Morgan fingerprint density at radius 3 is 1.36 bits per heavy atom. The zero-order valence-corrected chi connectivity index (χ0v) is 23.9. The number of allylic oxidation sites excluding steroid dienone is 1. The Kier molecular flexibility index (Phi) is 27.2. The summed E-state index contributed by atoms with van der Waals surface area (Å²) in [6.07, 6.45) is 32.6. The third-order valence-electron chi connectivity index (χ3n) is 7.19. The van der Waals surface area contributed by atoms with Crippen LogP contribution in [-0.4, -0.2) is 23.7 Å². The lowest BCUT2D eigenvalue weighted by molar-refractivity contribution is -0.151. The predicted octanol–water partition coefficient (Wildman–Crippen LogP) is 10.2. The van der Waals surface area contributed by atoms with Crippen LogP contribution in [0.1, 0.15) is 167 Å². The first-order valence-corrected chi connectivity index (χ1v) is 15.6. The van der Waals surface area contributed by atoms with Gasteiger partial charge in [0.05, 0.1) is 18.9 Å². The summed E-state index contributed by atoms with van der Waals surface area (Å²) in [4.78, 5) is 23.0. The quantitative estimate of drug-likeness (QED) is 0.0620. The zero-order valence-electron chi connectivity index (χ0n) is 23.9. The van der Waals surface area contributed by atoms with Gasteiger partial charge in [0, 0.05) is 0 Å². The summed E-state index contributed by atoms with van der Waals surface area (Å²) in [5, 5.41) is 9.32. The Morgan fingerprint density at radius 1 is 0.667 bits per heavy atom. The number of aliphatic carboxylic acids is 1. The van der Waals surface area contributed by atoms with E-state index in [1.54, 1.807) is 0 Å². The van der Waals surface area contributed by atoms with Crippen molar-refractivity contribution >= 4 is 11.9 Å². The third kappa shape index (κ3) is 25.8. The van der Waals surface area contributed by atoms with Crippen LogP contribution in [0.25, 0.3) is 0 Å².